The Morgan fingerprint density at radius 3 is 2.75 bits per heavy atom. The van der Waals surface area contributed by atoms with Gasteiger partial charge in [0.2, 0.25) is 5.95 Å². The van der Waals surface area contributed by atoms with Crippen LogP contribution in [-0.2, 0) is 6.54 Å². The molecule has 1 aliphatic carbocycles. The molecule has 2 aliphatic rings. The van der Waals surface area contributed by atoms with Crippen LogP contribution in [0.2, 0.25) is 0 Å². The van der Waals surface area contributed by atoms with Gasteiger partial charge >= 0.3 is 0 Å². The van der Waals surface area contributed by atoms with Gasteiger partial charge in [0.1, 0.15) is 0 Å². The van der Waals surface area contributed by atoms with Crippen LogP contribution in [0.3, 0.4) is 0 Å². The zero-order chi connectivity index (χ0) is 14.0. The molecule has 0 atom stereocenters. The summed E-state index contributed by atoms with van der Waals surface area (Å²) < 4.78 is 0.378. The van der Waals surface area contributed by atoms with Crippen LogP contribution in [0.25, 0.3) is 0 Å². The third-order valence-electron chi connectivity index (χ3n) is 3.98. The van der Waals surface area contributed by atoms with Crippen LogP contribution in [0.5, 0.6) is 0 Å². The maximum atomic E-state index is 4.56. The van der Waals surface area contributed by atoms with Gasteiger partial charge in [0.15, 0.2) is 0 Å². The molecule has 1 aliphatic heterocycles. The predicted octanol–water partition coefficient (Wildman–Crippen LogP) is 2.45. The summed E-state index contributed by atoms with van der Waals surface area (Å²) in [4.78, 5) is 11.4. The van der Waals surface area contributed by atoms with Gasteiger partial charge in [-0.2, -0.15) is 11.8 Å². The molecule has 2 heterocycles. The molecule has 0 aromatic carbocycles. The van der Waals surface area contributed by atoms with Crippen molar-refractivity contribution in [3.8, 4) is 0 Å². The van der Waals surface area contributed by atoms with E-state index in [1.54, 1.807) is 0 Å². The van der Waals surface area contributed by atoms with E-state index in [9.17, 15) is 0 Å². The summed E-state index contributed by atoms with van der Waals surface area (Å²) in [6.07, 6.45) is 7.77. The van der Waals surface area contributed by atoms with E-state index in [0.29, 0.717) is 4.75 Å². The first-order chi connectivity index (χ1) is 9.62. The average molecular weight is 292 g/mol. The molecular weight excluding hydrogens is 268 g/mol. The van der Waals surface area contributed by atoms with Crippen LogP contribution in [-0.4, -0.2) is 39.6 Å². The van der Waals surface area contributed by atoms with Crippen LogP contribution in [0.15, 0.2) is 12.4 Å². The van der Waals surface area contributed by atoms with Crippen molar-refractivity contribution < 1.29 is 0 Å². The third-order valence-corrected chi connectivity index (χ3v) is 5.36. The third kappa shape index (κ3) is 3.85. The van der Waals surface area contributed by atoms with E-state index in [-0.39, 0.29) is 0 Å². The van der Waals surface area contributed by atoms with E-state index in [4.69, 9.17) is 0 Å². The number of anilines is 1. The molecule has 0 radical (unpaired) electrons. The van der Waals surface area contributed by atoms with Gasteiger partial charge in [-0.3, -0.25) is 0 Å². The molecule has 1 aromatic rings. The van der Waals surface area contributed by atoms with E-state index in [1.807, 2.05) is 12.4 Å². The molecule has 1 saturated heterocycles. The Hall–Kier alpha value is -0.810. The average Bonchev–Trinajstić information content (AvgIpc) is 3.25. The predicted molar refractivity (Wildman–Crippen MR) is 85.3 cm³/mol. The van der Waals surface area contributed by atoms with E-state index >= 15 is 0 Å². The lowest BCUT2D eigenvalue weighted by molar-refractivity contribution is 0.630. The Bertz CT molecular complexity index is 442. The Morgan fingerprint density at radius 2 is 2.05 bits per heavy atom. The van der Waals surface area contributed by atoms with Crippen molar-refractivity contribution in [1.29, 1.82) is 0 Å². The van der Waals surface area contributed by atoms with E-state index < -0.39 is 0 Å². The van der Waals surface area contributed by atoms with Crippen LogP contribution < -0.4 is 10.2 Å². The smallest absolute Gasteiger partial charge is 0.225 e. The lowest BCUT2D eigenvalue weighted by atomic mass is 10.1. The SMILES string of the molecule is CC1(C)CCN(c2ncc(CNC3CC3)cn2)CCS1. The summed E-state index contributed by atoms with van der Waals surface area (Å²) in [6.45, 7) is 7.66. The number of nitrogens with one attached hydrogen (secondary N) is 1. The molecule has 5 heteroatoms. The number of nitrogens with zero attached hydrogens (tertiary/aromatic N) is 3. The Kier molecular flexibility index (Phi) is 4.17. The summed E-state index contributed by atoms with van der Waals surface area (Å²) in [5, 5.41) is 3.50. The summed E-state index contributed by atoms with van der Waals surface area (Å²) in [5.41, 5.74) is 1.19. The fourth-order valence-electron chi connectivity index (χ4n) is 2.37. The minimum absolute atomic E-state index is 0.378. The van der Waals surface area contributed by atoms with Crippen LogP contribution in [0, 0.1) is 0 Å². The monoisotopic (exact) mass is 292 g/mol. The van der Waals surface area contributed by atoms with Gasteiger partial charge in [0, 0.05) is 54.1 Å². The molecule has 110 valence electrons. The highest BCUT2D eigenvalue weighted by molar-refractivity contribution is 8.00. The Balaban J connectivity index is 1.58. The molecular formula is C15H24N4S. The van der Waals surface area contributed by atoms with Gasteiger partial charge < -0.3 is 10.2 Å². The van der Waals surface area contributed by atoms with Crippen molar-refractivity contribution in [2.75, 3.05) is 23.7 Å². The molecule has 1 aromatic heterocycles. The first-order valence-corrected chi connectivity index (χ1v) is 8.54. The Morgan fingerprint density at radius 1 is 1.30 bits per heavy atom. The molecule has 3 rings (SSSR count). The number of hydrogen-bond donors (Lipinski definition) is 1. The lowest BCUT2D eigenvalue weighted by Gasteiger charge is -2.22. The van der Waals surface area contributed by atoms with Crippen molar-refractivity contribution in [3.63, 3.8) is 0 Å². The fourth-order valence-corrected chi connectivity index (χ4v) is 3.47. The van der Waals surface area contributed by atoms with Gasteiger partial charge in [-0.25, -0.2) is 9.97 Å². The van der Waals surface area contributed by atoms with Gasteiger partial charge in [-0.1, -0.05) is 13.8 Å². The normalized spacial score (nSPS) is 22.6. The molecule has 2 fully saturated rings. The first-order valence-electron chi connectivity index (χ1n) is 7.56. The molecule has 20 heavy (non-hydrogen) atoms. The van der Waals surface area contributed by atoms with Crippen molar-refractivity contribution in [2.45, 2.75) is 50.4 Å². The molecule has 0 unspecified atom stereocenters. The van der Waals surface area contributed by atoms with Gasteiger partial charge in [-0.05, 0) is 19.3 Å². The van der Waals surface area contributed by atoms with Crippen molar-refractivity contribution >= 4 is 17.7 Å². The van der Waals surface area contributed by atoms with Crippen LogP contribution in [0.1, 0.15) is 38.7 Å². The van der Waals surface area contributed by atoms with Crippen molar-refractivity contribution in [3.05, 3.63) is 18.0 Å². The van der Waals surface area contributed by atoms with Crippen molar-refractivity contribution in [1.82, 2.24) is 15.3 Å². The largest absolute Gasteiger partial charge is 0.340 e. The summed E-state index contributed by atoms with van der Waals surface area (Å²) in [6, 6.07) is 0.736. The lowest BCUT2D eigenvalue weighted by Crippen LogP contribution is -2.28. The van der Waals surface area contributed by atoms with E-state index in [0.717, 1.165) is 37.4 Å². The zero-order valence-electron chi connectivity index (χ0n) is 12.4. The summed E-state index contributed by atoms with van der Waals surface area (Å²) >= 11 is 2.05. The second-order valence-electron chi connectivity index (χ2n) is 6.39. The standard InChI is InChI=1S/C15H24N4S/c1-15(2)5-6-19(7-8-20-15)14-17-10-12(11-18-14)9-16-13-3-4-13/h10-11,13,16H,3-9H2,1-2H3. The molecule has 0 bridgehead atoms. The van der Waals surface area contributed by atoms with E-state index in [1.165, 1.54) is 24.8 Å². The molecule has 0 spiro atoms. The summed E-state index contributed by atoms with van der Waals surface area (Å²) in [5.74, 6) is 2.04. The first kappa shape index (κ1) is 14.1. The molecule has 4 nitrogen and oxygen atoms in total. The number of aromatic nitrogens is 2. The number of rotatable bonds is 4. The minimum atomic E-state index is 0.378. The van der Waals surface area contributed by atoms with Crippen molar-refractivity contribution in [2.24, 2.45) is 0 Å². The number of hydrogen-bond acceptors (Lipinski definition) is 5. The minimum Gasteiger partial charge on any atom is -0.340 e. The highest BCUT2D eigenvalue weighted by atomic mass is 32.2. The molecule has 1 saturated carbocycles. The van der Waals surface area contributed by atoms with Crippen LogP contribution in [0.4, 0.5) is 5.95 Å². The fraction of sp³-hybridized carbons (Fsp3) is 0.733. The highest BCUT2D eigenvalue weighted by Crippen LogP contribution is 2.31. The number of thioether (sulfide) groups is 1. The maximum Gasteiger partial charge on any atom is 0.225 e. The second kappa shape index (κ2) is 5.90. The maximum absolute atomic E-state index is 4.56. The summed E-state index contributed by atoms with van der Waals surface area (Å²) in [7, 11) is 0. The molecule has 0 amide bonds. The second-order valence-corrected chi connectivity index (χ2v) is 8.19. The molecule has 1 N–H and O–H groups in total. The van der Waals surface area contributed by atoms with Gasteiger partial charge in [0.05, 0.1) is 0 Å². The zero-order valence-corrected chi connectivity index (χ0v) is 13.2. The van der Waals surface area contributed by atoms with E-state index in [2.05, 4.69) is 45.8 Å². The Labute approximate surface area is 125 Å². The quantitative estimate of drug-likeness (QED) is 0.923. The van der Waals surface area contributed by atoms with Crippen LogP contribution >= 0.6 is 11.8 Å². The highest BCUT2D eigenvalue weighted by Gasteiger charge is 2.24. The van der Waals surface area contributed by atoms with Gasteiger partial charge in [0.25, 0.3) is 0 Å². The topological polar surface area (TPSA) is 41.1 Å². The van der Waals surface area contributed by atoms with Gasteiger partial charge in [-0.15, -0.1) is 0 Å².